The fourth-order valence-corrected chi connectivity index (χ4v) is 1.93. The molecule has 0 rings (SSSR count). The Labute approximate surface area is 144 Å². The molecule has 2 N–H and O–H groups in total. The summed E-state index contributed by atoms with van der Waals surface area (Å²) in [6.07, 6.45) is -0.643. The van der Waals surface area contributed by atoms with Crippen LogP contribution in [0.4, 0.5) is 0 Å². The van der Waals surface area contributed by atoms with Gasteiger partial charge in [-0.2, -0.15) is 0 Å². The molecule has 0 aliphatic heterocycles. The molecule has 7 nitrogen and oxygen atoms in total. The van der Waals surface area contributed by atoms with Gasteiger partial charge in [0, 0.05) is 19.6 Å². The van der Waals surface area contributed by atoms with Gasteiger partial charge < -0.3 is 19.7 Å². The van der Waals surface area contributed by atoms with Gasteiger partial charge in [-0.1, -0.05) is 0 Å². The van der Waals surface area contributed by atoms with Crippen LogP contribution in [-0.2, 0) is 19.1 Å². The molecule has 0 aromatic rings. The zero-order valence-corrected chi connectivity index (χ0v) is 15.8. The summed E-state index contributed by atoms with van der Waals surface area (Å²) in [7, 11) is 0. The molecule has 0 heterocycles. The lowest BCUT2D eigenvalue weighted by molar-refractivity contribution is -0.155. The van der Waals surface area contributed by atoms with Crippen molar-refractivity contribution in [2.45, 2.75) is 71.7 Å². The molecule has 0 aromatic carbocycles. The van der Waals surface area contributed by atoms with Crippen molar-refractivity contribution in [3.05, 3.63) is 0 Å². The van der Waals surface area contributed by atoms with Gasteiger partial charge in [0.25, 0.3) is 0 Å². The minimum Gasteiger partial charge on any atom is -0.460 e. The Hall–Kier alpha value is -1.18. The number of carbonyl (C=O) groups is 2. The number of esters is 2. The first-order chi connectivity index (χ1) is 10.8. The minimum atomic E-state index is -0.928. The number of nitrogens with zero attached hydrogens (tertiary/aromatic N) is 1. The maximum Gasteiger partial charge on any atom is 0.307 e. The van der Waals surface area contributed by atoms with E-state index in [2.05, 4.69) is 0 Å². The van der Waals surface area contributed by atoms with Crippen LogP contribution in [-0.4, -0.2) is 70.6 Å². The summed E-state index contributed by atoms with van der Waals surface area (Å²) in [4.78, 5) is 25.3. The smallest absolute Gasteiger partial charge is 0.307 e. The molecule has 0 spiro atoms. The van der Waals surface area contributed by atoms with Crippen LogP contribution in [0.25, 0.3) is 0 Å². The van der Waals surface area contributed by atoms with Crippen molar-refractivity contribution in [3.63, 3.8) is 0 Å². The molecule has 0 aliphatic rings. The number of aliphatic hydroxyl groups is 2. The highest BCUT2D eigenvalue weighted by atomic mass is 16.6. The topological polar surface area (TPSA) is 96.3 Å². The van der Waals surface area contributed by atoms with Gasteiger partial charge >= 0.3 is 11.9 Å². The van der Waals surface area contributed by atoms with Crippen molar-refractivity contribution in [2.75, 3.05) is 26.2 Å². The predicted molar refractivity (Wildman–Crippen MR) is 90.5 cm³/mol. The lowest BCUT2D eigenvalue weighted by atomic mass is 10.2. The molecule has 0 saturated heterocycles. The Balaban J connectivity index is 4.48. The van der Waals surface area contributed by atoms with Gasteiger partial charge in [0.05, 0.1) is 25.6 Å². The fourth-order valence-electron chi connectivity index (χ4n) is 1.93. The number of rotatable bonds is 9. The molecular formula is C17H33NO6. The number of carbonyl (C=O) groups excluding carboxylic acids is 2. The third-order valence-corrected chi connectivity index (χ3v) is 2.78. The number of hydrogen-bond donors (Lipinski definition) is 2. The molecular weight excluding hydrogens is 314 g/mol. The molecule has 24 heavy (non-hydrogen) atoms. The van der Waals surface area contributed by atoms with E-state index in [1.807, 2.05) is 0 Å². The van der Waals surface area contributed by atoms with Crippen LogP contribution in [0.1, 0.15) is 54.4 Å². The minimum absolute atomic E-state index is 0.143. The molecule has 1 atom stereocenters. The van der Waals surface area contributed by atoms with E-state index in [0.717, 1.165) is 0 Å². The third kappa shape index (κ3) is 13.3. The first-order valence-corrected chi connectivity index (χ1v) is 8.27. The van der Waals surface area contributed by atoms with Crippen molar-refractivity contribution in [1.29, 1.82) is 0 Å². The second-order valence-electron chi connectivity index (χ2n) is 7.81. The van der Waals surface area contributed by atoms with E-state index in [4.69, 9.17) is 14.6 Å². The highest BCUT2D eigenvalue weighted by Crippen LogP contribution is 2.10. The average molecular weight is 347 g/mol. The summed E-state index contributed by atoms with van der Waals surface area (Å²) in [5.41, 5.74) is -1.11. The highest BCUT2D eigenvalue weighted by molar-refractivity contribution is 5.70. The summed E-state index contributed by atoms with van der Waals surface area (Å²) >= 11 is 0. The van der Waals surface area contributed by atoms with Crippen molar-refractivity contribution in [3.8, 4) is 0 Å². The second-order valence-corrected chi connectivity index (χ2v) is 7.81. The van der Waals surface area contributed by atoms with Gasteiger partial charge in [-0.25, -0.2) is 0 Å². The van der Waals surface area contributed by atoms with Gasteiger partial charge in [0.2, 0.25) is 0 Å². The van der Waals surface area contributed by atoms with Crippen LogP contribution in [0.5, 0.6) is 0 Å². The molecule has 0 aliphatic carbocycles. The second kappa shape index (κ2) is 9.96. The molecule has 0 amide bonds. The number of ether oxygens (including phenoxy) is 2. The van der Waals surface area contributed by atoms with Crippen LogP contribution < -0.4 is 0 Å². The third-order valence-electron chi connectivity index (χ3n) is 2.78. The molecule has 0 radical (unpaired) electrons. The molecule has 7 heteroatoms. The Bertz CT molecular complexity index is 365. The van der Waals surface area contributed by atoms with Gasteiger partial charge in [0.1, 0.15) is 11.2 Å². The zero-order valence-electron chi connectivity index (χ0n) is 15.8. The molecule has 0 fully saturated rings. The van der Waals surface area contributed by atoms with E-state index in [1.165, 1.54) is 0 Å². The van der Waals surface area contributed by atoms with Gasteiger partial charge in [0.15, 0.2) is 0 Å². The highest BCUT2D eigenvalue weighted by Gasteiger charge is 2.20. The molecule has 0 saturated carbocycles. The van der Waals surface area contributed by atoms with E-state index in [9.17, 15) is 14.7 Å². The maximum absolute atomic E-state index is 11.8. The molecule has 142 valence electrons. The SMILES string of the molecule is CC(C)(C)OC(=O)CCN(CCC(=O)OC(C)(C)C)CC(O)CO. The Morgan fingerprint density at radius 3 is 1.58 bits per heavy atom. The van der Waals surface area contributed by atoms with Crippen LogP contribution >= 0.6 is 0 Å². The summed E-state index contributed by atoms with van der Waals surface area (Å²) in [6, 6.07) is 0. The fraction of sp³-hybridized carbons (Fsp3) is 0.882. The zero-order chi connectivity index (χ0) is 19.0. The first kappa shape index (κ1) is 22.8. The first-order valence-electron chi connectivity index (χ1n) is 8.27. The van der Waals surface area contributed by atoms with E-state index in [0.29, 0.717) is 13.1 Å². The quantitative estimate of drug-likeness (QED) is 0.603. The number of hydrogen-bond acceptors (Lipinski definition) is 7. The lowest BCUT2D eigenvalue weighted by Crippen LogP contribution is -2.38. The van der Waals surface area contributed by atoms with Crippen LogP contribution in [0.2, 0.25) is 0 Å². The Morgan fingerprint density at radius 2 is 1.29 bits per heavy atom. The van der Waals surface area contributed by atoms with Crippen molar-refractivity contribution >= 4 is 11.9 Å². The summed E-state index contributed by atoms with van der Waals surface area (Å²) in [5.74, 6) is -0.688. The largest absolute Gasteiger partial charge is 0.460 e. The summed E-state index contributed by atoms with van der Waals surface area (Å²) in [6.45, 7) is 11.2. The van der Waals surface area contributed by atoms with Crippen LogP contribution in [0, 0.1) is 0 Å². The predicted octanol–water partition coefficient (Wildman–Crippen LogP) is 1.11. The van der Waals surface area contributed by atoms with E-state index < -0.39 is 17.3 Å². The Morgan fingerprint density at radius 1 is 0.917 bits per heavy atom. The molecule has 0 aromatic heterocycles. The van der Waals surface area contributed by atoms with E-state index >= 15 is 0 Å². The number of aliphatic hydroxyl groups excluding tert-OH is 2. The Kier molecular flexibility index (Phi) is 9.47. The summed E-state index contributed by atoms with van der Waals surface area (Å²) < 4.78 is 10.5. The van der Waals surface area contributed by atoms with E-state index in [1.54, 1.807) is 46.4 Å². The van der Waals surface area contributed by atoms with Crippen LogP contribution in [0.15, 0.2) is 0 Å². The normalized spacial score (nSPS) is 13.7. The standard InChI is InChI=1S/C17H33NO6/c1-16(2,3)23-14(21)7-9-18(11-13(20)12-19)10-8-15(22)24-17(4,5)6/h13,19-20H,7-12H2,1-6H3. The van der Waals surface area contributed by atoms with Crippen molar-refractivity contribution in [1.82, 2.24) is 4.90 Å². The van der Waals surface area contributed by atoms with Gasteiger partial charge in [-0.05, 0) is 41.5 Å². The average Bonchev–Trinajstić information content (AvgIpc) is 2.37. The van der Waals surface area contributed by atoms with E-state index in [-0.39, 0.29) is 37.9 Å². The van der Waals surface area contributed by atoms with Crippen molar-refractivity contribution < 1.29 is 29.3 Å². The van der Waals surface area contributed by atoms with Crippen molar-refractivity contribution in [2.24, 2.45) is 0 Å². The van der Waals surface area contributed by atoms with Gasteiger partial charge in [-0.3, -0.25) is 14.5 Å². The van der Waals surface area contributed by atoms with Crippen LogP contribution in [0.3, 0.4) is 0 Å². The van der Waals surface area contributed by atoms with Gasteiger partial charge in [-0.15, -0.1) is 0 Å². The molecule has 0 bridgehead atoms. The summed E-state index contributed by atoms with van der Waals surface area (Å²) in [5, 5.41) is 18.6. The monoisotopic (exact) mass is 347 g/mol. The lowest BCUT2D eigenvalue weighted by Gasteiger charge is -2.26. The maximum atomic E-state index is 11.8. The molecule has 1 unspecified atom stereocenters.